The normalized spacial score (nSPS) is 13.9. The van der Waals surface area contributed by atoms with Crippen LogP contribution >= 0.6 is 0 Å². The lowest BCUT2D eigenvalue weighted by molar-refractivity contribution is -0.149. The SMILES string of the molecule is N[C@@H](c1cccc(OC(F)F)c1)C(F)(F)F. The first-order chi connectivity index (χ1) is 7.30. The molecule has 1 aromatic carbocycles. The molecule has 0 saturated carbocycles. The molecule has 0 fully saturated rings. The van der Waals surface area contributed by atoms with E-state index >= 15 is 0 Å². The van der Waals surface area contributed by atoms with Crippen molar-refractivity contribution in [1.82, 2.24) is 0 Å². The zero-order chi connectivity index (χ0) is 12.3. The Bertz CT molecular complexity index is 352. The summed E-state index contributed by atoms with van der Waals surface area (Å²) in [7, 11) is 0. The number of ether oxygens (including phenoxy) is 1. The van der Waals surface area contributed by atoms with Crippen molar-refractivity contribution in [1.29, 1.82) is 0 Å². The molecular weight excluding hydrogens is 233 g/mol. The van der Waals surface area contributed by atoms with Crippen molar-refractivity contribution < 1.29 is 26.7 Å². The quantitative estimate of drug-likeness (QED) is 0.826. The smallest absolute Gasteiger partial charge is 0.407 e. The molecule has 1 rings (SSSR count). The summed E-state index contributed by atoms with van der Waals surface area (Å²) in [5, 5.41) is 0. The van der Waals surface area contributed by atoms with Gasteiger partial charge in [-0.2, -0.15) is 22.0 Å². The van der Waals surface area contributed by atoms with Crippen LogP contribution in [0.2, 0.25) is 0 Å². The molecule has 0 bridgehead atoms. The maximum Gasteiger partial charge on any atom is 0.407 e. The highest BCUT2D eigenvalue weighted by Crippen LogP contribution is 2.31. The minimum atomic E-state index is -4.62. The maximum absolute atomic E-state index is 12.2. The lowest BCUT2D eigenvalue weighted by atomic mass is 10.1. The van der Waals surface area contributed by atoms with Crippen LogP contribution in [-0.4, -0.2) is 12.8 Å². The number of alkyl halides is 5. The van der Waals surface area contributed by atoms with E-state index in [9.17, 15) is 22.0 Å². The Morgan fingerprint density at radius 3 is 2.31 bits per heavy atom. The Labute approximate surface area is 87.8 Å². The van der Waals surface area contributed by atoms with E-state index in [1.54, 1.807) is 0 Å². The molecule has 0 aliphatic heterocycles. The van der Waals surface area contributed by atoms with Gasteiger partial charge in [-0.1, -0.05) is 12.1 Å². The van der Waals surface area contributed by atoms with Gasteiger partial charge in [0.2, 0.25) is 0 Å². The summed E-state index contributed by atoms with van der Waals surface area (Å²) in [4.78, 5) is 0. The van der Waals surface area contributed by atoms with Crippen LogP contribution in [-0.2, 0) is 0 Å². The highest BCUT2D eigenvalue weighted by atomic mass is 19.4. The third-order valence-corrected chi connectivity index (χ3v) is 1.80. The molecule has 0 aliphatic rings. The predicted molar refractivity (Wildman–Crippen MR) is 46.1 cm³/mol. The Kier molecular flexibility index (Phi) is 3.69. The number of benzene rings is 1. The van der Waals surface area contributed by atoms with Crippen LogP contribution in [0.25, 0.3) is 0 Å². The van der Waals surface area contributed by atoms with Gasteiger partial charge in [-0.15, -0.1) is 0 Å². The molecule has 7 heteroatoms. The van der Waals surface area contributed by atoms with E-state index in [4.69, 9.17) is 5.73 Å². The maximum atomic E-state index is 12.2. The average molecular weight is 241 g/mol. The Morgan fingerprint density at radius 1 is 1.19 bits per heavy atom. The molecule has 0 radical (unpaired) electrons. The third kappa shape index (κ3) is 3.34. The number of nitrogens with two attached hydrogens (primary N) is 1. The second kappa shape index (κ2) is 4.65. The number of halogens is 5. The molecule has 90 valence electrons. The molecule has 16 heavy (non-hydrogen) atoms. The molecule has 0 aliphatic carbocycles. The molecule has 0 spiro atoms. The summed E-state index contributed by atoms with van der Waals surface area (Å²) < 4.78 is 64.2. The van der Waals surface area contributed by atoms with E-state index in [-0.39, 0.29) is 11.3 Å². The van der Waals surface area contributed by atoms with E-state index in [0.717, 1.165) is 18.2 Å². The fourth-order valence-electron chi connectivity index (χ4n) is 1.07. The first-order valence-corrected chi connectivity index (χ1v) is 4.18. The molecule has 1 atom stereocenters. The van der Waals surface area contributed by atoms with Crippen LogP contribution in [0.4, 0.5) is 22.0 Å². The number of rotatable bonds is 3. The van der Waals surface area contributed by atoms with Crippen molar-refractivity contribution in [3.05, 3.63) is 29.8 Å². The average Bonchev–Trinajstić information content (AvgIpc) is 2.14. The van der Waals surface area contributed by atoms with Gasteiger partial charge in [0.1, 0.15) is 11.8 Å². The molecule has 0 saturated heterocycles. The lowest BCUT2D eigenvalue weighted by Gasteiger charge is -2.16. The van der Waals surface area contributed by atoms with E-state index in [1.165, 1.54) is 6.07 Å². The van der Waals surface area contributed by atoms with Crippen LogP contribution in [0, 0.1) is 0 Å². The van der Waals surface area contributed by atoms with Crippen molar-refractivity contribution in [3.63, 3.8) is 0 Å². The van der Waals surface area contributed by atoms with Gasteiger partial charge in [0.15, 0.2) is 0 Å². The van der Waals surface area contributed by atoms with Crippen LogP contribution in [0.15, 0.2) is 24.3 Å². The fourth-order valence-corrected chi connectivity index (χ4v) is 1.07. The van der Waals surface area contributed by atoms with Gasteiger partial charge in [0.25, 0.3) is 0 Å². The van der Waals surface area contributed by atoms with Gasteiger partial charge in [0, 0.05) is 0 Å². The van der Waals surface area contributed by atoms with E-state index in [2.05, 4.69) is 4.74 Å². The highest BCUT2D eigenvalue weighted by molar-refractivity contribution is 5.31. The largest absolute Gasteiger partial charge is 0.435 e. The number of hydrogen-bond acceptors (Lipinski definition) is 2. The molecule has 0 aromatic heterocycles. The second-order valence-electron chi connectivity index (χ2n) is 2.97. The summed E-state index contributed by atoms with van der Waals surface area (Å²) in [5.74, 6) is -0.354. The summed E-state index contributed by atoms with van der Waals surface area (Å²) in [6.07, 6.45) is -4.62. The van der Waals surface area contributed by atoms with Crippen LogP contribution in [0.5, 0.6) is 5.75 Å². The fraction of sp³-hybridized carbons (Fsp3) is 0.333. The predicted octanol–water partition coefficient (Wildman–Crippen LogP) is 2.85. The molecule has 1 aromatic rings. The minimum Gasteiger partial charge on any atom is -0.435 e. The van der Waals surface area contributed by atoms with Crippen LogP contribution < -0.4 is 10.5 Å². The molecule has 0 heterocycles. The van der Waals surface area contributed by atoms with Gasteiger partial charge in [0.05, 0.1) is 0 Å². The van der Waals surface area contributed by atoms with Crippen molar-refractivity contribution in [2.24, 2.45) is 5.73 Å². The van der Waals surface area contributed by atoms with Crippen LogP contribution in [0.3, 0.4) is 0 Å². The van der Waals surface area contributed by atoms with E-state index in [0.29, 0.717) is 0 Å². The first-order valence-electron chi connectivity index (χ1n) is 4.18. The van der Waals surface area contributed by atoms with Gasteiger partial charge >= 0.3 is 12.8 Å². The zero-order valence-corrected chi connectivity index (χ0v) is 7.84. The summed E-state index contributed by atoms with van der Waals surface area (Å²) >= 11 is 0. The summed E-state index contributed by atoms with van der Waals surface area (Å²) in [6.45, 7) is -3.09. The highest BCUT2D eigenvalue weighted by Gasteiger charge is 2.37. The lowest BCUT2D eigenvalue weighted by Crippen LogP contribution is -2.28. The van der Waals surface area contributed by atoms with Gasteiger partial charge in [-0.3, -0.25) is 0 Å². The van der Waals surface area contributed by atoms with Crippen LogP contribution in [0.1, 0.15) is 11.6 Å². The number of hydrogen-bond donors (Lipinski definition) is 1. The summed E-state index contributed by atoms with van der Waals surface area (Å²) in [6, 6.07) is 2.01. The van der Waals surface area contributed by atoms with Gasteiger partial charge in [-0.25, -0.2) is 0 Å². The molecule has 2 N–H and O–H groups in total. The zero-order valence-electron chi connectivity index (χ0n) is 7.84. The van der Waals surface area contributed by atoms with Gasteiger partial charge < -0.3 is 10.5 Å². The second-order valence-corrected chi connectivity index (χ2v) is 2.97. The van der Waals surface area contributed by atoms with Crippen molar-refractivity contribution in [3.8, 4) is 5.75 Å². The third-order valence-electron chi connectivity index (χ3n) is 1.80. The van der Waals surface area contributed by atoms with E-state index < -0.39 is 18.8 Å². The van der Waals surface area contributed by atoms with Gasteiger partial charge in [-0.05, 0) is 17.7 Å². The van der Waals surface area contributed by atoms with Crippen molar-refractivity contribution in [2.75, 3.05) is 0 Å². The molecule has 2 nitrogen and oxygen atoms in total. The first kappa shape index (κ1) is 12.7. The molecule has 0 unspecified atom stereocenters. The van der Waals surface area contributed by atoms with Crippen molar-refractivity contribution >= 4 is 0 Å². The summed E-state index contributed by atoms with van der Waals surface area (Å²) in [5.41, 5.74) is 4.58. The van der Waals surface area contributed by atoms with Crippen molar-refractivity contribution in [2.45, 2.75) is 18.8 Å². The van der Waals surface area contributed by atoms with E-state index in [1.807, 2.05) is 0 Å². The Hall–Kier alpha value is -1.37. The molecular formula is C9H8F5NO. The molecule has 0 amide bonds. The Balaban J connectivity index is 2.90. The monoisotopic (exact) mass is 241 g/mol. The Morgan fingerprint density at radius 2 is 1.81 bits per heavy atom. The standard InChI is InChI=1S/C9H8F5NO/c10-8(11)16-6-3-1-2-5(4-6)7(15)9(12,13)14/h1-4,7-8H,15H2/t7-/m0/s1. The minimum absolute atomic E-state index is 0.328. The topological polar surface area (TPSA) is 35.2 Å².